The number of aliphatic hydroxyl groups is 1. The molecule has 1 atom stereocenters. The largest absolute Gasteiger partial charge is 0.508 e. The lowest BCUT2D eigenvalue weighted by atomic mass is 10.0. The fraction of sp³-hybridized carbons (Fsp3) is 0.588. The van der Waals surface area contributed by atoms with Crippen molar-refractivity contribution in [1.82, 2.24) is 9.80 Å². The van der Waals surface area contributed by atoms with Gasteiger partial charge in [0.2, 0.25) is 5.91 Å². The molecule has 1 aromatic carbocycles. The number of aromatic hydroxyl groups is 1. The molecule has 2 N–H and O–H groups in total. The first-order chi connectivity index (χ1) is 10.5. The van der Waals surface area contributed by atoms with Crippen LogP contribution in [0, 0.1) is 5.92 Å². The van der Waals surface area contributed by atoms with Crippen LogP contribution in [0.2, 0.25) is 0 Å². The second-order valence-corrected chi connectivity index (χ2v) is 6.34. The maximum atomic E-state index is 12.1. The van der Waals surface area contributed by atoms with Gasteiger partial charge >= 0.3 is 0 Å². The Kier molecular flexibility index (Phi) is 5.80. The number of phenols is 1. The minimum Gasteiger partial charge on any atom is -0.508 e. The molecule has 0 aliphatic carbocycles. The van der Waals surface area contributed by atoms with E-state index in [1.807, 2.05) is 30.9 Å². The number of hydrogen-bond donors (Lipinski definition) is 2. The Balaban J connectivity index is 1.79. The van der Waals surface area contributed by atoms with Gasteiger partial charge in [0, 0.05) is 32.7 Å². The molecule has 22 heavy (non-hydrogen) atoms. The van der Waals surface area contributed by atoms with Gasteiger partial charge in [-0.3, -0.25) is 9.69 Å². The van der Waals surface area contributed by atoms with Gasteiger partial charge in [0.1, 0.15) is 5.75 Å². The molecule has 1 heterocycles. The lowest BCUT2D eigenvalue weighted by molar-refractivity contribution is -0.135. The number of hydrogen-bond acceptors (Lipinski definition) is 4. The number of piperazine rings is 1. The predicted molar refractivity (Wildman–Crippen MR) is 85.4 cm³/mol. The predicted octanol–water partition coefficient (Wildman–Crippen LogP) is 1.44. The molecule has 1 aromatic rings. The highest BCUT2D eigenvalue weighted by Crippen LogP contribution is 2.15. The van der Waals surface area contributed by atoms with E-state index >= 15 is 0 Å². The molecule has 1 fully saturated rings. The van der Waals surface area contributed by atoms with Gasteiger partial charge in [-0.1, -0.05) is 26.0 Å². The molecule has 0 bridgehead atoms. The van der Waals surface area contributed by atoms with Gasteiger partial charge in [0.05, 0.1) is 12.5 Å². The SMILES string of the molecule is CC(C)C(O)CC(=O)N1CCN(Cc2cccc(O)c2)CC1. The first-order valence-corrected chi connectivity index (χ1v) is 7.92. The summed E-state index contributed by atoms with van der Waals surface area (Å²) in [5, 5.41) is 19.3. The van der Waals surface area contributed by atoms with Crippen molar-refractivity contribution in [1.29, 1.82) is 0 Å². The Bertz CT molecular complexity index is 496. The van der Waals surface area contributed by atoms with Gasteiger partial charge in [0.25, 0.3) is 0 Å². The molecule has 1 aliphatic rings. The maximum absolute atomic E-state index is 12.1. The highest BCUT2D eigenvalue weighted by Gasteiger charge is 2.23. The van der Waals surface area contributed by atoms with E-state index < -0.39 is 6.10 Å². The van der Waals surface area contributed by atoms with Crippen molar-refractivity contribution in [2.45, 2.75) is 32.9 Å². The lowest BCUT2D eigenvalue weighted by Crippen LogP contribution is -2.49. The van der Waals surface area contributed by atoms with E-state index in [4.69, 9.17) is 0 Å². The van der Waals surface area contributed by atoms with Crippen molar-refractivity contribution >= 4 is 5.91 Å². The summed E-state index contributed by atoms with van der Waals surface area (Å²) in [4.78, 5) is 16.3. The highest BCUT2D eigenvalue weighted by atomic mass is 16.3. The number of rotatable bonds is 5. The van der Waals surface area contributed by atoms with Crippen molar-refractivity contribution in [3.63, 3.8) is 0 Å². The van der Waals surface area contributed by atoms with Gasteiger partial charge in [-0.2, -0.15) is 0 Å². The smallest absolute Gasteiger partial charge is 0.225 e. The number of amides is 1. The maximum Gasteiger partial charge on any atom is 0.225 e. The van der Waals surface area contributed by atoms with Crippen LogP contribution in [0.3, 0.4) is 0 Å². The molecule has 1 saturated heterocycles. The number of carbonyl (C=O) groups is 1. The summed E-state index contributed by atoms with van der Waals surface area (Å²) in [5.74, 6) is 0.434. The third-order valence-corrected chi connectivity index (χ3v) is 4.20. The zero-order valence-corrected chi connectivity index (χ0v) is 13.4. The van der Waals surface area contributed by atoms with Crippen LogP contribution in [0.4, 0.5) is 0 Å². The minimum absolute atomic E-state index is 0.0400. The summed E-state index contributed by atoms with van der Waals surface area (Å²) in [7, 11) is 0. The lowest BCUT2D eigenvalue weighted by Gasteiger charge is -2.35. The third kappa shape index (κ3) is 4.71. The number of phenolic OH excluding ortho intramolecular Hbond substituents is 1. The topological polar surface area (TPSA) is 64.0 Å². The molecule has 1 amide bonds. The summed E-state index contributed by atoms with van der Waals surface area (Å²) in [6.45, 7) is 7.66. The van der Waals surface area contributed by atoms with E-state index in [0.717, 1.165) is 25.2 Å². The molecule has 0 spiro atoms. The van der Waals surface area contributed by atoms with E-state index in [0.29, 0.717) is 13.1 Å². The molecule has 1 unspecified atom stereocenters. The van der Waals surface area contributed by atoms with Gasteiger partial charge in [-0.05, 0) is 23.6 Å². The molecule has 1 aliphatic heterocycles. The minimum atomic E-state index is -0.558. The van der Waals surface area contributed by atoms with Crippen molar-refractivity contribution in [3.8, 4) is 5.75 Å². The second kappa shape index (κ2) is 7.61. The Morgan fingerprint density at radius 1 is 1.23 bits per heavy atom. The van der Waals surface area contributed by atoms with E-state index in [-0.39, 0.29) is 24.0 Å². The highest BCUT2D eigenvalue weighted by molar-refractivity contribution is 5.76. The van der Waals surface area contributed by atoms with Crippen LogP contribution in [-0.2, 0) is 11.3 Å². The first kappa shape index (κ1) is 16.8. The standard InChI is InChI=1S/C17H26N2O3/c1-13(2)16(21)11-17(22)19-8-6-18(7-9-19)12-14-4-3-5-15(20)10-14/h3-5,10,13,16,20-21H,6-9,11-12H2,1-2H3. The van der Waals surface area contributed by atoms with Crippen molar-refractivity contribution < 1.29 is 15.0 Å². The fourth-order valence-electron chi connectivity index (χ4n) is 2.61. The Labute approximate surface area is 132 Å². The normalized spacial score (nSPS) is 17.7. The zero-order chi connectivity index (χ0) is 16.1. The fourth-order valence-corrected chi connectivity index (χ4v) is 2.61. The Morgan fingerprint density at radius 3 is 2.50 bits per heavy atom. The van der Waals surface area contributed by atoms with Crippen LogP contribution < -0.4 is 0 Å². The molecule has 2 rings (SSSR count). The van der Waals surface area contributed by atoms with E-state index in [9.17, 15) is 15.0 Å². The first-order valence-electron chi connectivity index (χ1n) is 7.92. The summed E-state index contributed by atoms with van der Waals surface area (Å²) in [5.41, 5.74) is 1.08. The summed E-state index contributed by atoms with van der Waals surface area (Å²) in [6, 6.07) is 7.28. The number of carbonyl (C=O) groups excluding carboxylic acids is 1. The molecule has 0 radical (unpaired) electrons. The molecule has 0 aromatic heterocycles. The molecule has 122 valence electrons. The van der Waals surface area contributed by atoms with E-state index in [1.165, 1.54) is 0 Å². The third-order valence-electron chi connectivity index (χ3n) is 4.20. The molecular weight excluding hydrogens is 280 g/mol. The Morgan fingerprint density at radius 2 is 1.91 bits per heavy atom. The van der Waals surface area contributed by atoms with Crippen LogP contribution >= 0.6 is 0 Å². The average molecular weight is 306 g/mol. The Hall–Kier alpha value is -1.59. The van der Waals surface area contributed by atoms with Crippen LogP contribution in [0.25, 0.3) is 0 Å². The van der Waals surface area contributed by atoms with Crippen LogP contribution in [-0.4, -0.2) is 58.2 Å². The summed E-state index contributed by atoms with van der Waals surface area (Å²) >= 11 is 0. The van der Waals surface area contributed by atoms with Crippen molar-refractivity contribution in [2.24, 2.45) is 5.92 Å². The monoisotopic (exact) mass is 306 g/mol. The second-order valence-electron chi connectivity index (χ2n) is 6.34. The van der Waals surface area contributed by atoms with Gasteiger partial charge in [-0.15, -0.1) is 0 Å². The number of aliphatic hydroxyl groups excluding tert-OH is 1. The zero-order valence-electron chi connectivity index (χ0n) is 13.4. The molecule has 0 saturated carbocycles. The number of nitrogens with zero attached hydrogens (tertiary/aromatic N) is 2. The van der Waals surface area contributed by atoms with Crippen molar-refractivity contribution in [3.05, 3.63) is 29.8 Å². The van der Waals surface area contributed by atoms with Gasteiger partial charge in [-0.25, -0.2) is 0 Å². The van der Waals surface area contributed by atoms with Crippen LogP contribution in [0.15, 0.2) is 24.3 Å². The van der Waals surface area contributed by atoms with Crippen LogP contribution in [0.5, 0.6) is 5.75 Å². The van der Waals surface area contributed by atoms with Gasteiger partial charge < -0.3 is 15.1 Å². The molecule has 5 heteroatoms. The average Bonchev–Trinajstić information content (AvgIpc) is 2.47. The van der Waals surface area contributed by atoms with Gasteiger partial charge in [0.15, 0.2) is 0 Å². The number of benzene rings is 1. The summed E-state index contributed by atoms with van der Waals surface area (Å²) < 4.78 is 0. The summed E-state index contributed by atoms with van der Waals surface area (Å²) in [6.07, 6.45) is -0.345. The van der Waals surface area contributed by atoms with Crippen molar-refractivity contribution in [2.75, 3.05) is 26.2 Å². The molecular formula is C17H26N2O3. The molecule has 5 nitrogen and oxygen atoms in total. The van der Waals surface area contributed by atoms with E-state index in [2.05, 4.69) is 4.90 Å². The van der Waals surface area contributed by atoms with E-state index in [1.54, 1.807) is 12.1 Å². The quantitative estimate of drug-likeness (QED) is 0.864. The van der Waals surface area contributed by atoms with Crippen LogP contribution in [0.1, 0.15) is 25.8 Å².